The van der Waals surface area contributed by atoms with Crippen molar-refractivity contribution in [1.82, 2.24) is 0 Å². The molecule has 2 atom stereocenters. The highest BCUT2D eigenvalue weighted by atomic mass is 16.5. The van der Waals surface area contributed by atoms with Gasteiger partial charge in [-0.15, -0.1) is 0 Å². The van der Waals surface area contributed by atoms with E-state index in [1.54, 1.807) is 0 Å². The van der Waals surface area contributed by atoms with E-state index in [9.17, 15) is 4.79 Å². The molecule has 0 amide bonds. The standard InChI is InChI=1S/C38H72O2/c1-7-8-9-10-11-12-13-14-15-16-17-18-19-20-21-31-38(39)40-33-32-37(6)30-24-29-36(5)28-23-27-35(4)26-22-25-34(2)3/h17-18,32,34-36H,7-16,19-31,33H2,1-6H3/b18-17-,37-32+/t35-,36-/m1/s1. The van der Waals surface area contributed by atoms with E-state index in [4.69, 9.17) is 4.74 Å². The Morgan fingerprint density at radius 2 is 1.10 bits per heavy atom. The van der Waals surface area contributed by atoms with Gasteiger partial charge in [-0.05, 0) is 75.7 Å². The molecule has 2 heteroatoms. The first-order valence-electron chi connectivity index (χ1n) is 17.8. The molecule has 0 fully saturated rings. The molecule has 0 aliphatic heterocycles. The maximum absolute atomic E-state index is 12.0. The molecule has 0 saturated heterocycles. The normalized spacial score (nSPS) is 13.8. The van der Waals surface area contributed by atoms with E-state index in [0.29, 0.717) is 13.0 Å². The topological polar surface area (TPSA) is 26.3 Å². The van der Waals surface area contributed by atoms with Crippen LogP contribution in [0.2, 0.25) is 0 Å². The van der Waals surface area contributed by atoms with Crippen LogP contribution in [-0.4, -0.2) is 12.6 Å². The van der Waals surface area contributed by atoms with Crippen molar-refractivity contribution in [1.29, 1.82) is 0 Å². The van der Waals surface area contributed by atoms with E-state index in [1.165, 1.54) is 121 Å². The third-order valence-electron chi connectivity index (χ3n) is 8.46. The molecule has 0 saturated carbocycles. The Bertz CT molecular complexity index is 603. The first kappa shape index (κ1) is 39.0. The minimum absolute atomic E-state index is 0.0465. The fourth-order valence-corrected chi connectivity index (χ4v) is 5.50. The molecule has 0 N–H and O–H groups in total. The maximum atomic E-state index is 12.0. The van der Waals surface area contributed by atoms with Crippen LogP contribution in [-0.2, 0) is 9.53 Å². The number of ether oxygens (including phenoxy) is 1. The number of carbonyl (C=O) groups is 1. The molecule has 40 heavy (non-hydrogen) atoms. The van der Waals surface area contributed by atoms with Gasteiger partial charge in [-0.25, -0.2) is 0 Å². The lowest BCUT2D eigenvalue weighted by Crippen LogP contribution is -2.04. The van der Waals surface area contributed by atoms with Crippen LogP contribution in [0.15, 0.2) is 23.8 Å². The van der Waals surface area contributed by atoms with Gasteiger partial charge in [0.25, 0.3) is 0 Å². The fourth-order valence-electron chi connectivity index (χ4n) is 5.50. The van der Waals surface area contributed by atoms with Gasteiger partial charge in [-0.2, -0.15) is 0 Å². The van der Waals surface area contributed by atoms with Gasteiger partial charge in [0.1, 0.15) is 6.61 Å². The van der Waals surface area contributed by atoms with Crippen LogP contribution in [0.25, 0.3) is 0 Å². The SMILES string of the molecule is CCCCCCCCCCC/C=C\CCCCC(=O)OC/C=C(\C)CCC[C@H](C)CCC[C@H](C)CCCC(C)C. The summed E-state index contributed by atoms with van der Waals surface area (Å²) in [6, 6.07) is 0. The number of unbranched alkanes of at least 4 members (excludes halogenated alkanes) is 11. The number of carbonyl (C=O) groups excluding carboxylic acids is 1. The summed E-state index contributed by atoms with van der Waals surface area (Å²) in [5.41, 5.74) is 1.36. The molecule has 0 aliphatic rings. The first-order chi connectivity index (χ1) is 19.3. The average Bonchev–Trinajstić information content (AvgIpc) is 2.90. The van der Waals surface area contributed by atoms with E-state index >= 15 is 0 Å². The van der Waals surface area contributed by atoms with E-state index in [0.717, 1.165) is 43.4 Å². The van der Waals surface area contributed by atoms with Crippen LogP contribution in [0.5, 0.6) is 0 Å². The Morgan fingerprint density at radius 3 is 1.68 bits per heavy atom. The van der Waals surface area contributed by atoms with E-state index in [-0.39, 0.29) is 5.97 Å². The lowest BCUT2D eigenvalue weighted by molar-refractivity contribution is -0.142. The summed E-state index contributed by atoms with van der Waals surface area (Å²) in [7, 11) is 0. The van der Waals surface area contributed by atoms with Crippen LogP contribution in [0, 0.1) is 17.8 Å². The van der Waals surface area contributed by atoms with Crippen LogP contribution in [0.1, 0.15) is 189 Å². The summed E-state index contributed by atoms with van der Waals surface area (Å²) in [6.45, 7) is 14.4. The molecule has 0 radical (unpaired) electrons. The number of allylic oxidation sites excluding steroid dienone is 3. The quantitative estimate of drug-likeness (QED) is 0.0516. The van der Waals surface area contributed by atoms with Crippen molar-refractivity contribution in [2.75, 3.05) is 6.61 Å². The molecule has 0 heterocycles. The van der Waals surface area contributed by atoms with Crippen molar-refractivity contribution < 1.29 is 9.53 Å². The third kappa shape index (κ3) is 29.9. The Balaban J connectivity index is 3.59. The van der Waals surface area contributed by atoms with Crippen molar-refractivity contribution in [3.8, 4) is 0 Å². The van der Waals surface area contributed by atoms with E-state index < -0.39 is 0 Å². The van der Waals surface area contributed by atoms with Crippen molar-refractivity contribution in [3.05, 3.63) is 23.8 Å². The molecular weight excluding hydrogens is 488 g/mol. The summed E-state index contributed by atoms with van der Waals surface area (Å²) in [6.07, 6.45) is 36.1. The van der Waals surface area contributed by atoms with Crippen molar-refractivity contribution >= 4 is 5.97 Å². The van der Waals surface area contributed by atoms with Gasteiger partial charge in [-0.1, -0.05) is 149 Å². The zero-order chi connectivity index (χ0) is 29.7. The van der Waals surface area contributed by atoms with Gasteiger partial charge < -0.3 is 4.74 Å². The van der Waals surface area contributed by atoms with Gasteiger partial charge >= 0.3 is 5.97 Å². The minimum Gasteiger partial charge on any atom is -0.461 e. The number of esters is 1. The molecular formula is C38H72O2. The Kier molecular flexibility index (Phi) is 28.7. The summed E-state index contributed by atoms with van der Waals surface area (Å²) in [5, 5.41) is 0. The van der Waals surface area contributed by atoms with Crippen molar-refractivity contribution in [2.45, 2.75) is 189 Å². The maximum Gasteiger partial charge on any atom is 0.306 e. The largest absolute Gasteiger partial charge is 0.461 e. The zero-order valence-corrected chi connectivity index (χ0v) is 28.3. The summed E-state index contributed by atoms with van der Waals surface area (Å²) >= 11 is 0. The van der Waals surface area contributed by atoms with Crippen LogP contribution < -0.4 is 0 Å². The molecule has 0 rings (SSSR count). The molecule has 0 aromatic rings. The number of rotatable bonds is 29. The minimum atomic E-state index is -0.0465. The lowest BCUT2D eigenvalue weighted by atomic mass is 9.91. The molecule has 0 spiro atoms. The van der Waals surface area contributed by atoms with Crippen LogP contribution in [0.3, 0.4) is 0 Å². The molecule has 0 aromatic heterocycles. The van der Waals surface area contributed by atoms with Gasteiger partial charge in [0, 0.05) is 6.42 Å². The van der Waals surface area contributed by atoms with Crippen molar-refractivity contribution in [2.24, 2.45) is 17.8 Å². The zero-order valence-electron chi connectivity index (χ0n) is 28.3. The third-order valence-corrected chi connectivity index (χ3v) is 8.46. The molecule has 236 valence electrons. The molecule has 0 aromatic carbocycles. The Labute approximate surface area is 252 Å². The second kappa shape index (κ2) is 29.4. The first-order valence-corrected chi connectivity index (χ1v) is 17.8. The summed E-state index contributed by atoms with van der Waals surface area (Å²) in [4.78, 5) is 12.0. The summed E-state index contributed by atoms with van der Waals surface area (Å²) in [5.74, 6) is 2.50. The van der Waals surface area contributed by atoms with Gasteiger partial charge in [0.15, 0.2) is 0 Å². The second-order valence-electron chi connectivity index (χ2n) is 13.4. The average molecular weight is 561 g/mol. The second-order valence-corrected chi connectivity index (χ2v) is 13.4. The lowest BCUT2D eigenvalue weighted by Gasteiger charge is -2.15. The van der Waals surface area contributed by atoms with Crippen LogP contribution in [0.4, 0.5) is 0 Å². The predicted octanol–water partition coefficient (Wildman–Crippen LogP) is 13.0. The van der Waals surface area contributed by atoms with Gasteiger partial charge in [0.2, 0.25) is 0 Å². The van der Waals surface area contributed by atoms with E-state index in [2.05, 4.69) is 59.8 Å². The monoisotopic (exact) mass is 561 g/mol. The fraction of sp³-hybridized carbons (Fsp3) is 0.868. The smallest absolute Gasteiger partial charge is 0.306 e. The molecule has 0 aliphatic carbocycles. The number of hydrogen-bond donors (Lipinski definition) is 0. The summed E-state index contributed by atoms with van der Waals surface area (Å²) < 4.78 is 5.44. The predicted molar refractivity (Wildman–Crippen MR) is 179 cm³/mol. The van der Waals surface area contributed by atoms with Crippen LogP contribution >= 0.6 is 0 Å². The molecule has 0 bridgehead atoms. The van der Waals surface area contributed by atoms with Gasteiger partial charge in [0.05, 0.1) is 0 Å². The van der Waals surface area contributed by atoms with E-state index in [1.807, 2.05) is 0 Å². The Hall–Kier alpha value is -1.05. The molecule has 2 nitrogen and oxygen atoms in total. The van der Waals surface area contributed by atoms with Crippen molar-refractivity contribution in [3.63, 3.8) is 0 Å². The number of hydrogen-bond acceptors (Lipinski definition) is 2. The highest BCUT2D eigenvalue weighted by molar-refractivity contribution is 5.69. The Morgan fingerprint density at radius 1 is 0.600 bits per heavy atom. The highest BCUT2D eigenvalue weighted by Gasteiger charge is 2.07. The highest BCUT2D eigenvalue weighted by Crippen LogP contribution is 2.22. The van der Waals surface area contributed by atoms with Gasteiger partial charge in [-0.3, -0.25) is 4.79 Å². The molecule has 0 unspecified atom stereocenters.